The molecule has 3 aliphatic heterocycles. The molecule has 1 saturated carbocycles. The van der Waals surface area contributed by atoms with E-state index in [-0.39, 0.29) is 39.3 Å². The molecule has 6 aliphatic rings. The fourth-order valence-corrected chi connectivity index (χ4v) is 18.8. The lowest BCUT2D eigenvalue weighted by molar-refractivity contribution is 0.195. The van der Waals surface area contributed by atoms with Gasteiger partial charge in [-0.1, -0.05) is 190 Å². The lowest BCUT2D eigenvalue weighted by atomic mass is 9.32. The van der Waals surface area contributed by atoms with Crippen LogP contribution in [0.4, 0.5) is 45.5 Å². The first-order valence-electron chi connectivity index (χ1n) is 30.4. The molecule has 0 bridgehead atoms. The number of thiophene rings is 1. The highest BCUT2D eigenvalue weighted by atomic mass is 32.1. The van der Waals surface area contributed by atoms with E-state index in [1.807, 2.05) is 11.3 Å². The summed E-state index contributed by atoms with van der Waals surface area (Å²) in [6.07, 6.45) is 6.98. The third kappa shape index (κ3) is 6.14. The number of nitrogens with zero attached hydrogens (tertiary/aromatic N) is 3. The molecule has 17 rings (SSSR count). The fraction of sp³-hybridized carbons (Fsp3) is 0.289. The predicted octanol–water partition coefficient (Wildman–Crippen LogP) is 19.1. The van der Waals surface area contributed by atoms with Gasteiger partial charge < -0.3 is 19.1 Å². The topological polar surface area (TPSA) is 22.9 Å². The number of hydrogen-bond acceptors (Lipinski definition) is 5. The van der Waals surface area contributed by atoms with Gasteiger partial charge in [-0.2, -0.15) is 0 Å². The number of anilines is 8. The van der Waals surface area contributed by atoms with Crippen LogP contribution < -0.4 is 31.1 Å². The van der Waals surface area contributed by atoms with Crippen LogP contribution in [0.2, 0.25) is 0 Å². The maximum absolute atomic E-state index is 7.22. The van der Waals surface area contributed by atoms with Crippen LogP contribution in [-0.4, -0.2) is 12.3 Å². The molecule has 0 spiro atoms. The van der Waals surface area contributed by atoms with E-state index in [0.717, 1.165) is 53.3 Å². The summed E-state index contributed by atoms with van der Waals surface area (Å²) in [7, 11) is 0. The van der Waals surface area contributed by atoms with Crippen LogP contribution in [0.5, 0.6) is 0 Å². The van der Waals surface area contributed by atoms with Crippen molar-refractivity contribution in [3.05, 3.63) is 209 Å². The molecule has 9 aromatic carbocycles. The Hall–Kier alpha value is -7.54. The highest BCUT2D eigenvalue weighted by molar-refractivity contribution is 7.26. The molecule has 404 valence electrons. The maximum atomic E-state index is 7.22. The van der Waals surface area contributed by atoms with E-state index >= 15 is 0 Å². The van der Waals surface area contributed by atoms with Crippen LogP contribution in [-0.2, 0) is 27.1 Å². The Morgan fingerprint density at radius 1 is 0.415 bits per heavy atom. The Morgan fingerprint density at radius 2 is 0.939 bits per heavy atom. The number of fused-ring (bicyclic) bond motifs is 16. The smallest absolute Gasteiger partial charge is 0.252 e. The highest BCUT2D eigenvalue weighted by Crippen LogP contribution is 2.63. The Morgan fingerprint density at radius 3 is 1.66 bits per heavy atom. The summed E-state index contributed by atoms with van der Waals surface area (Å²) in [4.78, 5) is 8.27. The number of benzene rings is 9. The Bertz CT molecular complexity index is 4630. The highest BCUT2D eigenvalue weighted by Gasteiger charge is 2.58. The minimum atomic E-state index is -0.264. The van der Waals surface area contributed by atoms with E-state index in [1.165, 1.54) is 128 Å². The van der Waals surface area contributed by atoms with Crippen molar-refractivity contribution in [2.45, 2.75) is 140 Å². The summed E-state index contributed by atoms with van der Waals surface area (Å²) < 4.78 is 9.85. The van der Waals surface area contributed by atoms with Crippen LogP contribution in [0.3, 0.4) is 0 Å². The predicted molar refractivity (Wildman–Crippen MR) is 349 cm³/mol. The minimum Gasteiger partial charge on any atom is -0.454 e. The van der Waals surface area contributed by atoms with Gasteiger partial charge in [0.25, 0.3) is 6.71 Å². The van der Waals surface area contributed by atoms with E-state index in [0.29, 0.717) is 0 Å². The minimum absolute atomic E-state index is 0.0202. The van der Waals surface area contributed by atoms with Gasteiger partial charge in [-0.15, -0.1) is 11.3 Å². The molecule has 1 fully saturated rings. The lowest BCUT2D eigenvalue weighted by Crippen LogP contribution is -2.62. The second kappa shape index (κ2) is 16.2. The van der Waals surface area contributed by atoms with E-state index < -0.39 is 0 Å². The summed E-state index contributed by atoms with van der Waals surface area (Å²) in [6, 6.07) is 66.5. The zero-order valence-corrected chi connectivity index (χ0v) is 50.0. The number of rotatable bonds is 3. The molecular formula is C76H70BN3OS. The third-order valence-electron chi connectivity index (χ3n) is 22.3. The molecule has 6 heteroatoms. The van der Waals surface area contributed by atoms with Crippen molar-refractivity contribution in [1.29, 1.82) is 0 Å². The van der Waals surface area contributed by atoms with Gasteiger partial charge in [0.2, 0.25) is 0 Å². The van der Waals surface area contributed by atoms with E-state index in [1.54, 1.807) is 0 Å². The first kappa shape index (κ1) is 49.1. The fourth-order valence-electron chi connectivity index (χ4n) is 17.6. The van der Waals surface area contributed by atoms with Crippen molar-refractivity contribution in [1.82, 2.24) is 0 Å². The molecule has 0 amide bonds. The van der Waals surface area contributed by atoms with Gasteiger partial charge in [0.1, 0.15) is 5.58 Å². The van der Waals surface area contributed by atoms with Crippen molar-refractivity contribution >= 4 is 122 Å². The van der Waals surface area contributed by atoms with Crippen molar-refractivity contribution in [3.63, 3.8) is 0 Å². The van der Waals surface area contributed by atoms with Gasteiger partial charge in [0.15, 0.2) is 5.58 Å². The molecule has 0 N–H and O–H groups in total. The summed E-state index contributed by atoms with van der Waals surface area (Å²) in [5.41, 5.74) is 25.1. The normalized spacial score (nSPS) is 21.9. The van der Waals surface area contributed by atoms with Crippen LogP contribution in [0.25, 0.3) is 42.1 Å². The summed E-state index contributed by atoms with van der Waals surface area (Å²) in [5, 5.41) is 4.90. The van der Waals surface area contributed by atoms with Gasteiger partial charge in [0.05, 0.1) is 21.6 Å². The number of para-hydroxylation sites is 3. The maximum Gasteiger partial charge on any atom is 0.252 e. The Balaban J connectivity index is 1.07. The Labute approximate surface area is 487 Å². The van der Waals surface area contributed by atoms with Crippen molar-refractivity contribution in [3.8, 4) is 0 Å². The van der Waals surface area contributed by atoms with Crippen LogP contribution >= 0.6 is 11.3 Å². The third-order valence-corrected chi connectivity index (χ3v) is 23.5. The number of hydrogen-bond donors (Lipinski definition) is 0. The summed E-state index contributed by atoms with van der Waals surface area (Å²) in [6.45, 7) is 25.0. The second-order valence-corrected chi connectivity index (χ2v) is 29.2. The van der Waals surface area contributed by atoms with Crippen LogP contribution in [0, 0.1) is 0 Å². The standard InChI is InChI=1S/C76H70BN3OS/c1-71(2)37-38-72(3,4)54-43-62-57(41-53(54)71)77-58-42-55-56(74(7,8)51-28-14-13-27-50(51)73(55,5)6)44-63(58)79(61-32-22-26-49-47-24-12-18-34-67(47)82-70(49)61)65-40-45(80-59-30-16-15-29-52(59)75(9)35-19-20-36-76(75,80)10)39-64(68(65)77)78(62)60-31-21-25-48-46-23-11-17-33-66(46)81-69(48)60/h11-18,21-34,39-44H,19-20,35-38H2,1-10H3. The summed E-state index contributed by atoms with van der Waals surface area (Å²) >= 11 is 1.94. The SMILES string of the molecule is CC1(C)CCC(C)(C)c2cc3c(cc21)B1c2cc4c(cc2N(c2cccc5c2sc2ccccc25)c2cc(N5c6ccccc6C6(C)CCCCC56C)cc(c21)N3c1cccc2c1oc1ccccc12)C(C)(C)c1ccccc1C4(C)C. The first-order valence-corrected chi connectivity index (χ1v) is 31.2. The number of furan rings is 1. The zero-order valence-electron chi connectivity index (χ0n) is 49.1. The lowest BCUT2D eigenvalue weighted by Gasteiger charge is -2.51. The van der Waals surface area contributed by atoms with E-state index in [9.17, 15) is 0 Å². The van der Waals surface area contributed by atoms with Crippen LogP contribution in [0.1, 0.15) is 147 Å². The molecule has 2 aromatic heterocycles. The molecule has 0 saturated heterocycles. The molecule has 11 aromatic rings. The molecular weight excluding hydrogens is 1010 g/mol. The van der Waals surface area contributed by atoms with Crippen molar-refractivity contribution in [2.75, 3.05) is 14.7 Å². The van der Waals surface area contributed by atoms with Gasteiger partial charge in [-0.05, 0) is 153 Å². The average molecular weight is 1080 g/mol. The largest absolute Gasteiger partial charge is 0.454 e. The molecule has 5 heterocycles. The molecule has 4 nitrogen and oxygen atoms in total. The second-order valence-electron chi connectivity index (χ2n) is 28.1. The van der Waals surface area contributed by atoms with Crippen molar-refractivity contribution < 1.29 is 4.42 Å². The average Bonchev–Trinajstić information content (AvgIpc) is 1.08. The molecule has 2 atom stereocenters. The zero-order chi connectivity index (χ0) is 55.8. The molecule has 3 aliphatic carbocycles. The molecule has 0 radical (unpaired) electrons. The van der Waals surface area contributed by atoms with Gasteiger partial charge in [-0.25, -0.2) is 0 Å². The quantitative estimate of drug-likeness (QED) is 0.165. The summed E-state index contributed by atoms with van der Waals surface area (Å²) in [5.74, 6) is 0. The Kier molecular flexibility index (Phi) is 9.68. The first-order chi connectivity index (χ1) is 39.4. The molecule has 82 heavy (non-hydrogen) atoms. The van der Waals surface area contributed by atoms with Crippen molar-refractivity contribution in [2.24, 2.45) is 0 Å². The van der Waals surface area contributed by atoms with Gasteiger partial charge in [0, 0.05) is 76.6 Å². The van der Waals surface area contributed by atoms with Crippen LogP contribution in [0.15, 0.2) is 174 Å². The van der Waals surface area contributed by atoms with Gasteiger partial charge in [-0.3, -0.25) is 0 Å². The molecule has 2 unspecified atom stereocenters. The monoisotopic (exact) mass is 1080 g/mol. The van der Waals surface area contributed by atoms with Gasteiger partial charge >= 0.3 is 0 Å². The van der Waals surface area contributed by atoms with E-state index in [2.05, 4.69) is 254 Å². The van der Waals surface area contributed by atoms with E-state index in [4.69, 9.17) is 4.42 Å².